The van der Waals surface area contributed by atoms with E-state index in [1.54, 1.807) is 6.07 Å². The summed E-state index contributed by atoms with van der Waals surface area (Å²) in [6.07, 6.45) is 3.65. The molecule has 2 aromatic carbocycles. The summed E-state index contributed by atoms with van der Waals surface area (Å²) >= 11 is 5.90. The fourth-order valence-electron chi connectivity index (χ4n) is 3.50. The van der Waals surface area contributed by atoms with Crippen LogP contribution in [0.5, 0.6) is 0 Å². The molecule has 0 unspecified atom stereocenters. The summed E-state index contributed by atoms with van der Waals surface area (Å²) in [5.41, 5.74) is 1.50. The molecule has 1 aromatic heterocycles. The third kappa shape index (κ3) is 4.36. The van der Waals surface area contributed by atoms with E-state index in [1.165, 1.54) is 25.0 Å². The molecule has 4 nitrogen and oxygen atoms in total. The third-order valence-electron chi connectivity index (χ3n) is 5.02. The number of rotatable bonds is 7. The van der Waals surface area contributed by atoms with Crippen molar-refractivity contribution < 1.29 is 4.39 Å². The molecule has 1 fully saturated rings. The Morgan fingerprint density at radius 1 is 1.14 bits per heavy atom. The van der Waals surface area contributed by atoms with Crippen molar-refractivity contribution in [2.45, 2.75) is 39.2 Å². The van der Waals surface area contributed by atoms with Crippen LogP contribution in [0.3, 0.4) is 0 Å². The monoisotopic (exact) mass is 398 g/mol. The molecule has 1 heterocycles. The Labute approximate surface area is 169 Å². The standard InChI is InChI=1S/C22H24ClFN4/c1-13(2)11-20(14-7-8-14)26-21-16-5-3-4-6-19(16)27-22(28-21)25-15-9-10-18(24)17(23)12-15/h3-6,9-10,12-14,20H,7-8,11H2,1-2H3,(H2,25,26,27,28)/t20-/m1/s1. The molecule has 1 atom stereocenters. The molecule has 0 amide bonds. The molecule has 1 aliphatic rings. The van der Waals surface area contributed by atoms with E-state index in [0.29, 0.717) is 29.5 Å². The van der Waals surface area contributed by atoms with Crippen molar-refractivity contribution in [1.82, 2.24) is 9.97 Å². The molecule has 1 aliphatic carbocycles. The van der Waals surface area contributed by atoms with Crippen molar-refractivity contribution in [1.29, 1.82) is 0 Å². The van der Waals surface area contributed by atoms with Gasteiger partial charge in [-0.05, 0) is 61.4 Å². The minimum atomic E-state index is -0.449. The number of hydrogen-bond donors (Lipinski definition) is 2. The summed E-state index contributed by atoms with van der Waals surface area (Å²) < 4.78 is 13.4. The fourth-order valence-corrected chi connectivity index (χ4v) is 3.68. The smallest absolute Gasteiger partial charge is 0.229 e. The number of anilines is 3. The number of fused-ring (bicyclic) bond motifs is 1. The molecule has 0 saturated heterocycles. The first-order chi connectivity index (χ1) is 13.5. The van der Waals surface area contributed by atoms with Crippen molar-refractivity contribution in [3.63, 3.8) is 0 Å². The Morgan fingerprint density at radius 3 is 2.64 bits per heavy atom. The van der Waals surface area contributed by atoms with Gasteiger partial charge >= 0.3 is 0 Å². The van der Waals surface area contributed by atoms with Crippen LogP contribution in [0.1, 0.15) is 33.1 Å². The number of nitrogens with zero attached hydrogens (tertiary/aromatic N) is 2. The highest BCUT2D eigenvalue weighted by Crippen LogP contribution is 2.37. The number of nitrogens with one attached hydrogen (secondary N) is 2. The zero-order chi connectivity index (χ0) is 19.7. The lowest BCUT2D eigenvalue weighted by molar-refractivity contribution is 0.482. The molecule has 3 aromatic rings. The molecule has 1 saturated carbocycles. The lowest BCUT2D eigenvalue weighted by Gasteiger charge is -2.22. The van der Waals surface area contributed by atoms with Crippen LogP contribution in [0.4, 0.5) is 21.8 Å². The first-order valence-electron chi connectivity index (χ1n) is 9.75. The van der Waals surface area contributed by atoms with E-state index >= 15 is 0 Å². The lowest BCUT2D eigenvalue weighted by atomic mass is 10.00. The molecule has 0 spiro atoms. The number of halogens is 2. The van der Waals surface area contributed by atoms with Gasteiger partial charge in [0.25, 0.3) is 0 Å². The molecular formula is C22H24ClFN4. The van der Waals surface area contributed by atoms with Crippen LogP contribution in [0.2, 0.25) is 5.02 Å². The number of benzene rings is 2. The van der Waals surface area contributed by atoms with Gasteiger partial charge in [-0.2, -0.15) is 4.98 Å². The van der Waals surface area contributed by atoms with E-state index in [-0.39, 0.29) is 5.02 Å². The van der Waals surface area contributed by atoms with Gasteiger partial charge in [-0.3, -0.25) is 0 Å². The van der Waals surface area contributed by atoms with E-state index < -0.39 is 5.82 Å². The molecule has 4 rings (SSSR count). The van der Waals surface area contributed by atoms with Crippen molar-refractivity contribution >= 4 is 40.0 Å². The normalized spacial score (nSPS) is 15.0. The van der Waals surface area contributed by atoms with Gasteiger partial charge in [-0.25, -0.2) is 9.37 Å². The fraction of sp³-hybridized carbons (Fsp3) is 0.364. The number of aromatic nitrogens is 2. The highest BCUT2D eigenvalue weighted by atomic mass is 35.5. The van der Waals surface area contributed by atoms with Gasteiger partial charge in [0, 0.05) is 17.1 Å². The number of para-hydroxylation sites is 1. The Kier molecular flexibility index (Phi) is 5.36. The van der Waals surface area contributed by atoms with Crippen LogP contribution in [0, 0.1) is 17.7 Å². The summed E-state index contributed by atoms with van der Waals surface area (Å²) in [6, 6.07) is 12.9. The average molecular weight is 399 g/mol. The van der Waals surface area contributed by atoms with Crippen LogP contribution in [-0.2, 0) is 0 Å². The highest BCUT2D eigenvalue weighted by molar-refractivity contribution is 6.31. The molecule has 0 radical (unpaired) electrons. The average Bonchev–Trinajstić information content (AvgIpc) is 3.49. The maximum Gasteiger partial charge on any atom is 0.229 e. The van der Waals surface area contributed by atoms with Gasteiger partial charge in [0.2, 0.25) is 5.95 Å². The van der Waals surface area contributed by atoms with Gasteiger partial charge < -0.3 is 10.6 Å². The summed E-state index contributed by atoms with van der Waals surface area (Å²) in [5.74, 6) is 2.17. The van der Waals surface area contributed by atoms with E-state index in [1.807, 2.05) is 24.3 Å². The van der Waals surface area contributed by atoms with E-state index in [0.717, 1.165) is 23.1 Å². The minimum absolute atomic E-state index is 0.0647. The first-order valence-corrected chi connectivity index (χ1v) is 10.1. The van der Waals surface area contributed by atoms with E-state index in [9.17, 15) is 4.39 Å². The Balaban J connectivity index is 1.67. The molecule has 0 aliphatic heterocycles. The van der Waals surface area contributed by atoms with Gasteiger partial charge in [0.15, 0.2) is 0 Å². The lowest BCUT2D eigenvalue weighted by Crippen LogP contribution is -2.25. The van der Waals surface area contributed by atoms with Gasteiger partial charge in [0.1, 0.15) is 11.6 Å². The largest absolute Gasteiger partial charge is 0.366 e. The SMILES string of the molecule is CC(C)C[C@@H](Nc1nc(Nc2ccc(F)c(Cl)c2)nc2ccccc12)C1CC1. The van der Waals surface area contributed by atoms with Crippen LogP contribution in [-0.4, -0.2) is 16.0 Å². The Hall–Kier alpha value is -2.40. The second-order valence-electron chi connectivity index (χ2n) is 7.88. The summed E-state index contributed by atoms with van der Waals surface area (Å²) in [7, 11) is 0. The predicted octanol–water partition coefficient (Wildman–Crippen LogP) is 6.40. The summed E-state index contributed by atoms with van der Waals surface area (Å²) in [6.45, 7) is 4.50. The maximum atomic E-state index is 13.4. The predicted molar refractivity (Wildman–Crippen MR) is 114 cm³/mol. The van der Waals surface area contributed by atoms with Gasteiger partial charge in [-0.1, -0.05) is 37.6 Å². The van der Waals surface area contributed by atoms with Crippen molar-refractivity contribution in [2.24, 2.45) is 11.8 Å². The van der Waals surface area contributed by atoms with E-state index in [2.05, 4.69) is 29.5 Å². The van der Waals surface area contributed by atoms with Crippen molar-refractivity contribution in [3.05, 3.63) is 53.3 Å². The summed E-state index contributed by atoms with van der Waals surface area (Å²) in [5, 5.41) is 7.90. The van der Waals surface area contributed by atoms with Crippen LogP contribution in [0.15, 0.2) is 42.5 Å². The van der Waals surface area contributed by atoms with Crippen LogP contribution < -0.4 is 10.6 Å². The van der Waals surface area contributed by atoms with Crippen molar-refractivity contribution in [3.8, 4) is 0 Å². The van der Waals surface area contributed by atoms with Crippen molar-refractivity contribution in [2.75, 3.05) is 10.6 Å². The Bertz CT molecular complexity index is 987. The van der Waals surface area contributed by atoms with Gasteiger partial charge in [0.05, 0.1) is 10.5 Å². The quantitative estimate of drug-likeness (QED) is 0.483. The summed E-state index contributed by atoms with van der Waals surface area (Å²) in [4.78, 5) is 9.35. The topological polar surface area (TPSA) is 49.8 Å². The molecule has 146 valence electrons. The molecule has 28 heavy (non-hydrogen) atoms. The Morgan fingerprint density at radius 2 is 1.93 bits per heavy atom. The second-order valence-corrected chi connectivity index (χ2v) is 8.29. The first kappa shape index (κ1) is 18.9. The highest BCUT2D eigenvalue weighted by Gasteiger charge is 2.32. The third-order valence-corrected chi connectivity index (χ3v) is 5.31. The zero-order valence-electron chi connectivity index (χ0n) is 16.0. The molecule has 0 bridgehead atoms. The maximum absolute atomic E-state index is 13.4. The van der Waals surface area contributed by atoms with Gasteiger partial charge in [-0.15, -0.1) is 0 Å². The second kappa shape index (κ2) is 7.92. The molecular weight excluding hydrogens is 375 g/mol. The van der Waals surface area contributed by atoms with Crippen LogP contribution in [0.25, 0.3) is 10.9 Å². The zero-order valence-corrected chi connectivity index (χ0v) is 16.8. The van der Waals surface area contributed by atoms with Crippen LogP contribution >= 0.6 is 11.6 Å². The van der Waals surface area contributed by atoms with E-state index in [4.69, 9.17) is 16.6 Å². The minimum Gasteiger partial charge on any atom is -0.366 e. The molecule has 2 N–H and O–H groups in total. The number of hydrogen-bond acceptors (Lipinski definition) is 4. The molecule has 6 heteroatoms.